The molecule has 2 N–H and O–H groups in total. The van der Waals surface area contributed by atoms with Gasteiger partial charge in [0.2, 0.25) is 0 Å². The Hall–Kier alpha value is -3.26. The molecule has 2 bridgehead atoms. The van der Waals surface area contributed by atoms with E-state index in [9.17, 15) is 9.90 Å². The Morgan fingerprint density at radius 1 is 1.06 bits per heavy atom. The summed E-state index contributed by atoms with van der Waals surface area (Å²) in [6.07, 6.45) is 7.58. The van der Waals surface area contributed by atoms with Crippen LogP contribution >= 0.6 is 0 Å². The lowest BCUT2D eigenvalue weighted by atomic mass is 9.83. The molecule has 5 rings (SSSR count). The van der Waals surface area contributed by atoms with Crippen LogP contribution in [0.15, 0.2) is 47.5 Å². The molecule has 8 nitrogen and oxygen atoms in total. The van der Waals surface area contributed by atoms with E-state index in [1.165, 1.54) is 36.2 Å². The van der Waals surface area contributed by atoms with E-state index in [1.807, 2.05) is 18.2 Å². The number of anilines is 1. The van der Waals surface area contributed by atoms with Gasteiger partial charge < -0.3 is 19.9 Å². The lowest BCUT2D eigenvalue weighted by Gasteiger charge is -2.43. The number of benzene rings is 1. The Bertz CT molecular complexity index is 1160. The summed E-state index contributed by atoms with van der Waals surface area (Å²) < 4.78 is 1.40. The van der Waals surface area contributed by atoms with Crippen LogP contribution < -0.4 is 15.8 Å². The molecule has 0 spiro atoms. The van der Waals surface area contributed by atoms with E-state index in [-0.39, 0.29) is 11.3 Å². The highest BCUT2D eigenvalue weighted by Gasteiger charge is 2.33. The first kappa shape index (κ1) is 20.6. The SMILES string of the molecule is CN(c1ccc(-c2ccc(-c3cc(=O)n(C)cn3)cc2O)nn1)C1C[C@H]2CCC[C@@H](C1)N2. The fourth-order valence-corrected chi connectivity index (χ4v) is 4.92. The molecular weight excluding hydrogens is 404 g/mol. The fraction of sp³-hybridized carbons (Fsp3) is 0.417. The molecule has 2 fully saturated rings. The van der Waals surface area contributed by atoms with Crippen molar-refractivity contribution < 1.29 is 5.11 Å². The van der Waals surface area contributed by atoms with Crippen molar-refractivity contribution in [3.05, 3.63) is 53.1 Å². The molecule has 0 saturated carbocycles. The number of aromatic hydroxyl groups is 1. The molecule has 8 heteroatoms. The van der Waals surface area contributed by atoms with E-state index in [0.29, 0.717) is 40.6 Å². The van der Waals surface area contributed by atoms with Gasteiger partial charge >= 0.3 is 0 Å². The Kier molecular flexibility index (Phi) is 5.38. The van der Waals surface area contributed by atoms with Crippen molar-refractivity contribution in [3.63, 3.8) is 0 Å². The summed E-state index contributed by atoms with van der Waals surface area (Å²) in [6, 6.07) is 12.2. The van der Waals surface area contributed by atoms with E-state index in [2.05, 4.69) is 32.4 Å². The van der Waals surface area contributed by atoms with E-state index >= 15 is 0 Å². The number of aromatic nitrogens is 4. The Morgan fingerprint density at radius 3 is 2.50 bits per heavy atom. The zero-order chi connectivity index (χ0) is 22.2. The molecule has 3 atom stereocenters. The number of aryl methyl sites for hydroxylation is 1. The smallest absolute Gasteiger partial charge is 0.253 e. The highest BCUT2D eigenvalue weighted by Crippen LogP contribution is 2.33. The number of nitrogens with zero attached hydrogens (tertiary/aromatic N) is 5. The molecule has 2 aliphatic heterocycles. The first-order valence-corrected chi connectivity index (χ1v) is 11.2. The molecule has 0 radical (unpaired) electrons. The molecule has 0 amide bonds. The summed E-state index contributed by atoms with van der Waals surface area (Å²) in [7, 11) is 3.75. The summed E-state index contributed by atoms with van der Waals surface area (Å²) >= 11 is 0. The van der Waals surface area contributed by atoms with Gasteiger partial charge in [0.05, 0.1) is 17.7 Å². The molecule has 3 aromatic rings. The molecule has 2 saturated heterocycles. The number of phenols is 1. The molecule has 1 aromatic carbocycles. The van der Waals surface area contributed by atoms with Crippen molar-refractivity contribution in [1.29, 1.82) is 0 Å². The molecule has 32 heavy (non-hydrogen) atoms. The first-order valence-electron chi connectivity index (χ1n) is 11.2. The number of piperidine rings is 2. The van der Waals surface area contributed by atoms with E-state index in [0.717, 1.165) is 18.7 Å². The monoisotopic (exact) mass is 432 g/mol. The van der Waals surface area contributed by atoms with Gasteiger partial charge in [0.15, 0.2) is 5.82 Å². The Balaban J connectivity index is 1.34. The number of hydrogen-bond donors (Lipinski definition) is 2. The van der Waals surface area contributed by atoms with Gasteiger partial charge in [0.1, 0.15) is 5.75 Å². The topological polar surface area (TPSA) is 96.2 Å². The van der Waals surface area contributed by atoms with Crippen molar-refractivity contribution in [2.24, 2.45) is 7.05 Å². The highest BCUT2D eigenvalue weighted by molar-refractivity contribution is 5.73. The third-order valence-electron chi connectivity index (χ3n) is 6.80. The molecule has 2 aromatic heterocycles. The predicted molar refractivity (Wildman–Crippen MR) is 124 cm³/mol. The summed E-state index contributed by atoms with van der Waals surface area (Å²) in [6.45, 7) is 0. The second-order valence-electron chi connectivity index (χ2n) is 8.96. The number of fused-ring (bicyclic) bond motifs is 2. The van der Waals surface area contributed by atoms with Crippen LogP contribution in [-0.2, 0) is 7.05 Å². The normalized spacial score (nSPS) is 22.5. The number of phenolic OH excluding ortho intramolecular Hbond substituents is 1. The van der Waals surface area contributed by atoms with Crippen molar-refractivity contribution in [2.75, 3.05) is 11.9 Å². The Labute approximate surface area is 187 Å². The quantitative estimate of drug-likeness (QED) is 0.654. The van der Waals surface area contributed by atoms with Crippen LogP contribution in [0, 0.1) is 0 Å². The number of rotatable bonds is 4. The number of hydrogen-bond acceptors (Lipinski definition) is 7. The van der Waals surface area contributed by atoms with Gasteiger partial charge in [0.25, 0.3) is 5.56 Å². The van der Waals surface area contributed by atoms with Crippen LogP contribution in [0.4, 0.5) is 5.82 Å². The zero-order valence-corrected chi connectivity index (χ0v) is 18.4. The highest BCUT2D eigenvalue weighted by atomic mass is 16.3. The van der Waals surface area contributed by atoms with Gasteiger partial charge in [-0.3, -0.25) is 4.79 Å². The third kappa shape index (κ3) is 3.98. The molecule has 1 unspecified atom stereocenters. The summed E-state index contributed by atoms with van der Waals surface area (Å²) in [5.41, 5.74) is 2.23. The third-order valence-corrected chi connectivity index (χ3v) is 6.80. The second kappa shape index (κ2) is 8.35. The summed E-state index contributed by atoms with van der Waals surface area (Å²) in [5, 5.41) is 23.2. The molecule has 2 aliphatic rings. The van der Waals surface area contributed by atoms with Gasteiger partial charge in [-0.05, 0) is 49.9 Å². The summed E-state index contributed by atoms with van der Waals surface area (Å²) in [5.74, 6) is 0.922. The maximum atomic E-state index is 11.9. The predicted octanol–water partition coefficient (Wildman–Crippen LogP) is 2.72. The maximum absolute atomic E-state index is 11.9. The van der Waals surface area contributed by atoms with Gasteiger partial charge in [-0.1, -0.05) is 12.5 Å². The average Bonchev–Trinajstić information content (AvgIpc) is 2.80. The van der Waals surface area contributed by atoms with Gasteiger partial charge in [-0.25, -0.2) is 4.98 Å². The van der Waals surface area contributed by atoms with Crippen molar-refractivity contribution in [2.45, 2.75) is 50.2 Å². The van der Waals surface area contributed by atoms with Crippen molar-refractivity contribution in [1.82, 2.24) is 25.1 Å². The lowest BCUT2D eigenvalue weighted by Crippen LogP contribution is -2.54. The second-order valence-corrected chi connectivity index (χ2v) is 8.96. The molecule has 166 valence electrons. The fourth-order valence-electron chi connectivity index (χ4n) is 4.92. The molecule has 0 aliphatic carbocycles. The van der Waals surface area contributed by atoms with Crippen LogP contribution in [0.1, 0.15) is 32.1 Å². The van der Waals surface area contributed by atoms with E-state index in [4.69, 9.17) is 0 Å². The minimum Gasteiger partial charge on any atom is -0.507 e. The largest absolute Gasteiger partial charge is 0.507 e. The van der Waals surface area contributed by atoms with Crippen LogP contribution in [-0.4, -0.2) is 50.0 Å². The van der Waals surface area contributed by atoms with Crippen LogP contribution in [0.2, 0.25) is 0 Å². The maximum Gasteiger partial charge on any atom is 0.253 e. The lowest BCUT2D eigenvalue weighted by molar-refractivity contribution is 0.219. The van der Waals surface area contributed by atoms with Gasteiger partial charge in [-0.2, -0.15) is 0 Å². The van der Waals surface area contributed by atoms with Crippen LogP contribution in [0.3, 0.4) is 0 Å². The number of nitrogens with one attached hydrogen (secondary N) is 1. The molecule has 4 heterocycles. The Morgan fingerprint density at radius 2 is 1.84 bits per heavy atom. The molecular formula is C24H28N6O2. The van der Waals surface area contributed by atoms with Crippen molar-refractivity contribution >= 4 is 5.82 Å². The van der Waals surface area contributed by atoms with Gasteiger partial charge in [-0.15, -0.1) is 10.2 Å². The zero-order valence-electron chi connectivity index (χ0n) is 18.4. The average molecular weight is 433 g/mol. The van der Waals surface area contributed by atoms with Gasteiger partial charge in [0, 0.05) is 49.4 Å². The standard InChI is InChI=1S/C24H28N6O2/c1-29-14-25-21(13-24(29)32)15-6-7-19(22(31)10-15)20-8-9-23(28-27-20)30(2)18-11-16-4-3-5-17(12-18)26-16/h6-10,13-14,16-18,26,31H,3-5,11-12H2,1-2H3/t16-,17+,18?. The first-order chi connectivity index (χ1) is 15.5. The summed E-state index contributed by atoms with van der Waals surface area (Å²) in [4.78, 5) is 18.4. The minimum absolute atomic E-state index is 0.0755. The van der Waals surface area contributed by atoms with E-state index < -0.39 is 0 Å². The van der Waals surface area contributed by atoms with Crippen LogP contribution in [0.25, 0.3) is 22.5 Å². The minimum atomic E-state index is -0.151. The van der Waals surface area contributed by atoms with E-state index in [1.54, 1.807) is 19.2 Å². The van der Waals surface area contributed by atoms with Crippen molar-refractivity contribution in [3.8, 4) is 28.3 Å². The van der Waals surface area contributed by atoms with Crippen LogP contribution in [0.5, 0.6) is 5.75 Å².